The van der Waals surface area contributed by atoms with Gasteiger partial charge in [-0.3, -0.25) is 4.99 Å². The van der Waals surface area contributed by atoms with Crippen LogP contribution in [-0.4, -0.2) is 50.8 Å². The standard InChI is InChI=1S/C25H33N3O.HI/c1-26-24(28-15-12-22(19-28)18-21-8-4-2-5-9-21)27-20-25(13-16-29-17-14-25)23-10-6-3-7-11-23;/h2-11,22H,12-20H2,1H3,(H,26,27);1H. The zero-order valence-electron chi connectivity index (χ0n) is 17.9. The molecule has 5 heteroatoms. The molecule has 162 valence electrons. The summed E-state index contributed by atoms with van der Waals surface area (Å²) in [6.07, 6.45) is 4.49. The lowest BCUT2D eigenvalue weighted by atomic mass is 9.74. The minimum atomic E-state index is 0. The number of nitrogens with one attached hydrogen (secondary N) is 1. The van der Waals surface area contributed by atoms with E-state index >= 15 is 0 Å². The Morgan fingerprint density at radius 2 is 1.73 bits per heavy atom. The second kappa shape index (κ2) is 11.1. The molecule has 1 atom stereocenters. The van der Waals surface area contributed by atoms with Crippen LogP contribution >= 0.6 is 24.0 Å². The molecular weight excluding hydrogens is 485 g/mol. The lowest BCUT2D eigenvalue weighted by Gasteiger charge is -2.39. The van der Waals surface area contributed by atoms with Crippen molar-refractivity contribution in [1.29, 1.82) is 0 Å². The van der Waals surface area contributed by atoms with Crippen LogP contribution in [0.15, 0.2) is 65.7 Å². The van der Waals surface area contributed by atoms with Gasteiger partial charge in [0.05, 0.1) is 0 Å². The van der Waals surface area contributed by atoms with Crippen LogP contribution in [0.1, 0.15) is 30.4 Å². The maximum Gasteiger partial charge on any atom is 0.193 e. The molecule has 2 saturated heterocycles. The molecule has 2 heterocycles. The van der Waals surface area contributed by atoms with Crippen LogP contribution in [0.5, 0.6) is 0 Å². The Balaban J connectivity index is 0.00000256. The third kappa shape index (κ3) is 5.55. The average molecular weight is 519 g/mol. The quantitative estimate of drug-likeness (QED) is 0.360. The van der Waals surface area contributed by atoms with Crippen molar-refractivity contribution in [2.24, 2.45) is 10.9 Å². The highest BCUT2D eigenvalue weighted by Gasteiger charge is 2.35. The first-order valence-electron chi connectivity index (χ1n) is 10.9. The summed E-state index contributed by atoms with van der Waals surface area (Å²) in [5.41, 5.74) is 2.97. The van der Waals surface area contributed by atoms with Crippen molar-refractivity contribution in [2.45, 2.75) is 31.1 Å². The Kier molecular flexibility index (Phi) is 8.57. The van der Waals surface area contributed by atoms with E-state index < -0.39 is 0 Å². The zero-order chi connectivity index (χ0) is 19.9. The summed E-state index contributed by atoms with van der Waals surface area (Å²) in [6, 6.07) is 21.8. The van der Waals surface area contributed by atoms with E-state index in [0.29, 0.717) is 5.92 Å². The van der Waals surface area contributed by atoms with Crippen molar-refractivity contribution < 1.29 is 4.74 Å². The monoisotopic (exact) mass is 519 g/mol. The highest BCUT2D eigenvalue weighted by molar-refractivity contribution is 14.0. The van der Waals surface area contributed by atoms with Crippen molar-refractivity contribution in [3.8, 4) is 0 Å². The minimum absolute atomic E-state index is 0. The Hall–Kier alpha value is -1.60. The highest BCUT2D eigenvalue weighted by atomic mass is 127. The summed E-state index contributed by atoms with van der Waals surface area (Å²) in [5.74, 6) is 1.74. The molecule has 0 bridgehead atoms. The van der Waals surface area contributed by atoms with E-state index in [1.165, 1.54) is 17.5 Å². The first-order valence-corrected chi connectivity index (χ1v) is 10.9. The average Bonchev–Trinajstić information content (AvgIpc) is 3.24. The van der Waals surface area contributed by atoms with E-state index in [1.54, 1.807) is 0 Å². The molecule has 0 saturated carbocycles. The van der Waals surface area contributed by atoms with E-state index in [9.17, 15) is 0 Å². The van der Waals surface area contributed by atoms with Gasteiger partial charge in [-0.15, -0.1) is 24.0 Å². The molecular formula is C25H34IN3O. The lowest BCUT2D eigenvalue weighted by Crippen LogP contribution is -2.48. The Morgan fingerprint density at radius 3 is 2.40 bits per heavy atom. The fourth-order valence-electron chi connectivity index (χ4n) is 4.84. The number of hydrogen-bond acceptors (Lipinski definition) is 2. The molecule has 30 heavy (non-hydrogen) atoms. The Labute approximate surface area is 198 Å². The third-order valence-corrected chi connectivity index (χ3v) is 6.59. The molecule has 2 aromatic rings. The fraction of sp³-hybridized carbons (Fsp3) is 0.480. The molecule has 0 aromatic heterocycles. The summed E-state index contributed by atoms with van der Waals surface area (Å²) in [7, 11) is 1.91. The second-order valence-corrected chi connectivity index (χ2v) is 8.45. The number of ether oxygens (including phenoxy) is 1. The van der Waals surface area contributed by atoms with Crippen molar-refractivity contribution >= 4 is 29.9 Å². The predicted molar refractivity (Wildman–Crippen MR) is 135 cm³/mol. The molecule has 0 aliphatic carbocycles. The van der Waals surface area contributed by atoms with Crippen LogP contribution in [0.25, 0.3) is 0 Å². The van der Waals surface area contributed by atoms with E-state index in [2.05, 4.69) is 75.9 Å². The number of hydrogen-bond donors (Lipinski definition) is 1. The topological polar surface area (TPSA) is 36.9 Å². The summed E-state index contributed by atoms with van der Waals surface area (Å²) >= 11 is 0. The van der Waals surface area contributed by atoms with Crippen LogP contribution in [0.3, 0.4) is 0 Å². The summed E-state index contributed by atoms with van der Waals surface area (Å²) in [4.78, 5) is 7.06. The molecule has 2 fully saturated rings. The van der Waals surface area contributed by atoms with Crippen LogP contribution < -0.4 is 5.32 Å². The van der Waals surface area contributed by atoms with Crippen LogP contribution in [0.4, 0.5) is 0 Å². The molecule has 1 N–H and O–H groups in total. The number of guanidine groups is 1. The van der Waals surface area contributed by atoms with Gasteiger partial charge in [0.15, 0.2) is 5.96 Å². The summed E-state index contributed by atoms with van der Waals surface area (Å²) in [6.45, 7) is 4.73. The zero-order valence-corrected chi connectivity index (χ0v) is 20.3. The van der Waals surface area contributed by atoms with Crippen LogP contribution in [-0.2, 0) is 16.6 Å². The SMILES string of the molecule is CN=C(NCC1(c2ccccc2)CCOCC1)N1CCC(Cc2ccccc2)C1.I. The van der Waals surface area contributed by atoms with Crippen molar-refractivity contribution in [1.82, 2.24) is 10.2 Å². The van der Waals surface area contributed by atoms with Crippen LogP contribution in [0.2, 0.25) is 0 Å². The van der Waals surface area contributed by atoms with Gasteiger partial charge < -0.3 is 15.0 Å². The Morgan fingerprint density at radius 1 is 1.07 bits per heavy atom. The molecule has 0 radical (unpaired) electrons. The summed E-state index contributed by atoms with van der Waals surface area (Å²) in [5, 5.41) is 3.73. The van der Waals surface area contributed by atoms with Gasteiger partial charge in [-0.25, -0.2) is 0 Å². The van der Waals surface area contributed by atoms with Crippen molar-refractivity contribution in [3.63, 3.8) is 0 Å². The van der Waals surface area contributed by atoms with Gasteiger partial charge in [-0.2, -0.15) is 0 Å². The number of aliphatic imine (C=N–C) groups is 1. The number of rotatable bonds is 5. The maximum atomic E-state index is 5.68. The molecule has 2 aliphatic rings. The van der Waals surface area contributed by atoms with Gasteiger partial charge in [0.2, 0.25) is 0 Å². The van der Waals surface area contributed by atoms with Gasteiger partial charge >= 0.3 is 0 Å². The first kappa shape index (κ1) is 23.1. The maximum absolute atomic E-state index is 5.68. The highest BCUT2D eigenvalue weighted by Crippen LogP contribution is 2.34. The lowest BCUT2D eigenvalue weighted by molar-refractivity contribution is 0.0512. The van der Waals surface area contributed by atoms with E-state index in [4.69, 9.17) is 4.74 Å². The van der Waals surface area contributed by atoms with Crippen molar-refractivity contribution in [3.05, 3.63) is 71.8 Å². The van der Waals surface area contributed by atoms with Crippen molar-refractivity contribution in [2.75, 3.05) is 39.9 Å². The van der Waals surface area contributed by atoms with E-state index in [0.717, 1.165) is 58.1 Å². The molecule has 2 aliphatic heterocycles. The second-order valence-electron chi connectivity index (χ2n) is 8.45. The number of benzene rings is 2. The number of likely N-dealkylation sites (tertiary alicyclic amines) is 1. The minimum Gasteiger partial charge on any atom is -0.381 e. The molecule has 1 unspecified atom stereocenters. The first-order chi connectivity index (χ1) is 14.3. The van der Waals surface area contributed by atoms with E-state index in [-0.39, 0.29) is 29.4 Å². The van der Waals surface area contributed by atoms with E-state index in [1.807, 2.05) is 7.05 Å². The fourth-order valence-corrected chi connectivity index (χ4v) is 4.84. The molecule has 0 amide bonds. The molecule has 2 aromatic carbocycles. The van der Waals surface area contributed by atoms with Crippen LogP contribution in [0, 0.1) is 5.92 Å². The molecule has 4 rings (SSSR count). The van der Waals surface area contributed by atoms with Gasteiger partial charge in [0.1, 0.15) is 0 Å². The normalized spacial score (nSPS) is 21.2. The third-order valence-electron chi connectivity index (χ3n) is 6.59. The number of halogens is 1. The number of nitrogens with zero attached hydrogens (tertiary/aromatic N) is 2. The largest absolute Gasteiger partial charge is 0.381 e. The smallest absolute Gasteiger partial charge is 0.193 e. The van der Waals surface area contributed by atoms with Gasteiger partial charge in [0, 0.05) is 45.3 Å². The Bertz CT molecular complexity index is 791. The van der Waals surface area contributed by atoms with Gasteiger partial charge in [-0.1, -0.05) is 60.7 Å². The summed E-state index contributed by atoms with van der Waals surface area (Å²) < 4.78 is 5.68. The predicted octanol–water partition coefficient (Wildman–Crippen LogP) is 4.49. The van der Waals surface area contributed by atoms with Gasteiger partial charge in [-0.05, 0) is 42.7 Å². The molecule has 4 nitrogen and oxygen atoms in total. The molecule has 0 spiro atoms. The van der Waals surface area contributed by atoms with Gasteiger partial charge in [0.25, 0.3) is 0 Å².